The van der Waals surface area contributed by atoms with Crippen molar-refractivity contribution in [2.45, 2.75) is 13.0 Å². The van der Waals surface area contributed by atoms with E-state index in [0.717, 1.165) is 18.5 Å². The molecule has 1 aromatic carbocycles. The van der Waals surface area contributed by atoms with Gasteiger partial charge in [-0.15, -0.1) is 12.4 Å². The number of amides is 1. The van der Waals surface area contributed by atoms with Gasteiger partial charge in [-0.2, -0.15) is 0 Å². The number of nitrogens with zero attached hydrogens (tertiary/aromatic N) is 1. The van der Waals surface area contributed by atoms with Crippen LogP contribution in [0.1, 0.15) is 17.5 Å². The van der Waals surface area contributed by atoms with Crippen molar-refractivity contribution < 1.29 is 9.21 Å². The predicted molar refractivity (Wildman–Crippen MR) is 81.8 cm³/mol. The Morgan fingerprint density at radius 3 is 3.00 bits per heavy atom. The number of carbonyl (C=O) groups excluding carboxylic acids is 1. The molecule has 6 heteroatoms. The minimum atomic E-state index is -0.0543. The molecule has 0 radical (unpaired) electrons. The van der Waals surface area contributed by atoms with Gasteiger partial charge in [-0.3, -0.25) is 4.79 Å². The lowest BCUT2D eigenvalue weighted by molar-refractivity contribution is 0.0625. The van der Waals surface area contributed by atoms with E-state index < -0.39 is 0 Å². The van der Waals surface area contributed by atoms with Crippen LogP contribution in [0.2, 0.25) is 5.02 Å². The Kier molecular flexibility index (Phi) is 4.58. The van der Waals surface area contributed by atoms with Gasteiger partial charge in [-0.25, -0.2) is 0 Å². The Labute approximate surface area is 128 Å². The first kappa shape index (κ1) is 15.2. The third-order valence-corrected chi connectivity index (χ3v) is 3.69. The molecule has 108 valence electrons. The first-order valence-corrected chi connectivity index (χ1v) is 6.74. The third kappa shape index (κ3) is 2.77. The van der Waals surface area contributed by atoms with Crippen molar-refractivity contribution in [1.82, 2.24) is 10.2 Å². The van der Waals surface area contributed by atoms with Gasteiger partial charge in [0.15, 0.2) is 5.76 Å². The molecular weight excluding hydrogens is 299 g/mol. The van der Waals surface area contributed by atoms with E-state index in [2.05, 4.69) is 5.32 Å². The maximum atomic E-state index is 12.4. The zero-order chi connectivity index (χ0) is 13.4. The van der Waals surface area contributed by atoms with E-state index in [1.54, 1.807) is 24.3 Å². The van der Waals surface area contributed by atoms with Gasteiger partial charge in [-0.1, -0.05) is 11.6 Å². The van der Waals surface area contributed by atoms with Gasteiger partial charge in [0.1, 0.15) is 5.58 Å². The largest absolute Gasteiger partial charge is 0.451 e. The summed E-state index contributed by atoms with van der Waals surface area (Å²) in [6.07, 6.45) is 0. The van der Waals surface area contributed by atoms with Crippen LogP contribution in [-0.4, -0.2) is 36.5 Å². The molecule has 1 saturated heterocycles. The highest BCUT2D eigenvalue weighted by atomic mass is 35.5. The van der Waals surface area contributed by atoms with Gasteiger partial charge in [0, 0.05) is 36.1 Å². The van der Waals surface area contributed by atoms with E-state index in [-0.39, 0.29) is 24.4 Å². The molecule has 0 bridgehead atoms. The summed E-state index contributed by atoms with van der Waals surface area (Å²) in [6, 6.07) is 7.29. The molecule has 1 atom stereocenters. The van der Waals surface area contributed by atoms with Crippen molar-refractivity contribution in [3.8, 4) is 0 Å². The van der Waals surface area contributed by atoms with Crippen LogP contribution in [0.3, 0.4) is 0 Å². The number of carbonyl (C=O) groups is 1. The topological polar surface area (TPSA) is 45.5 Å². The Bertz CT molecular complexity index is 627. The lowest BCUT2D eigenvalue weighted by Gasteiger charge is -2.33. The van der Waals surface area contributed by atoms with Crippen molar-refractivity contribution in [3.63, 3.8) is 0 Å². The number of rotatable bonds is 1. The standard InChI is InChI=1S/C14H15ClN2O2.ClH/c1-9-8-16-4-5-17(9)14(18)13-7-10-6-11(15)2-3-12(10)19-13;/h2-3,6-7,9,16H,4-5,8H2,1H3;1H/t9-;/m0./s1. The minimum absolute atomic E-state index is 0. The van der Waals surface area contributed by atoms with Crippen LogP contribution in [0.15, 0.2) is 28.7 Å². The molecule has 0 aliphatic carbocycles. The van der Waals surface area contributed by atoms with Crippen LogP contribution in [0.5, 0.6) is 0 Å². The third-order valence-electron chi connectivity index (χ3n) is 3.45. The lowest BCUT2D eigenvalue weighted by atomic mass is 10.2. The van der Waals surface area contributed by atoms with Crippen LogP contribution >= 0.6 is 24.0 Å². The summed E-state index contributed by atoms with van der Waals surface area (Å²) in [5.74, 6) is 0.326. The maximum absolute atomic E-state index is 12.4. The smallest absolute Gasteiger partial charge is 0.289 e. The molecule has 1 aliphatic heterocycles. The number of furan rings is 1. The first-order chi connectivity index (χ1) is 9.15. The molecule has 1 amide bonds. The molecule has 1 aliphatic rings. The first-order valence-electron chi connectivity index (χ1n) is 6.36. The number of nitrogens with one attached hydrogen (secondary N) is 1. The van der Waals surface area contributed by atoms with Crippen molar-refractivity contribution in [3.05, 3.63) is 35.0 Å². The normalized spacial score (nSPS) is 18.9. The molecule has 20 heavy (non-hydrogen) atoms. The number of fused-ring (bicyclic) bond motifs is 1. The second kappa shape index (κ2) is 6.04. The van der Waals surface area contributed by atoms with E-state index in [9.17, 15) is 4.79 Å². The highest BCUT2D eigenvalue weighted by molar-refractivity contribution is 6.31. The van der Waals surface area contributed by atoms with Gasteiger partial charge < -0.3 is 14.6 Å². The molecule has 1 aromatic heterocycles. The monoisotopic (exact) mass is 314 g/mol. The molecule has 2 heterocycles. The average molecular weight is 315 g/mol. The van der Waals surface area contributed by atoms with Crippen LogP contribution in [0, 0.1) is 0 Å². The van der Waals surface area contributed by atoms with Gasteiger partial charge in [0.05, 0.1) is 0 Å². The fourth-order valence-corrected chi connectivity index (χ4v) is 2.58. The molecule has 0 saturated carbocycles. The SMILES string of the molecule is C[C@H]1CNCCN1C(=O)c1cc2cc(Cl)ccc2o1.Cl. The molecule has 3 rings (SSSR count). The van der Waals surface area contributed by atoms with Crippen molar-refractivity contribution in [2.75, 3.05) is 19.6 Å². The van der Waals surface area contributed by atoms with E-state index in [4.69, 9.17) is 16.0 Å². The summed E-state index contributed by atoms with van der Waals surface area (Å²) in [5, 5.41) is 4.76. The summed E-state index contributed by atoms with van der Waals surface area (Å²) in [7, 11) is 0. The Morgan fingerprint density at radius 2 is 2.25 bits per heavy atom. The quantitative estimate of drug-likeness (QED) is 0.880. The zero-order valence-electron chi connectivity index (χ0n) is 11.1. The van der Waals surface area contributed by atoms with E-state index in [0.29, 0.717) is 22.9 Å². The second-order valence-electron chi connectivity index (χ2n) is 4.84. The van der Waals surface area contributed by atoms with Crippen LogP contribution < -0.4 is 5.32 Å². The van der Waals surface area contributed by atoms with Gasteiger partial charge >= 0.3 is 0 Å². The molecule has 0 unspecified atom stereocenters. The molecule has 4 nitrogen and oxygen atoms in total. The zero-order valence-corrected chi connectivity index (χ0v) is 12.6. The fraction of sp³-hybridized carbons (Fsp3) is 0.357. The second-order valence-corrected chi connectivity index (χ2v) is 5.28. The van der Waals surface area contributed by atoms with Crippen molar-refractivity contribution >= 4 is 40.9 Å². The van der Waals surface area contributed by atoms with Gasteiger partial charge in [-0.05, 0) is 31.2 Å². The minimum Gasteiger partial charge on any atom is -0.451 e. The molecule has 0 spiro atoms. The number of hydrogen-bond acceptors (Lipinski definition) is 3. The van der Waals surface area contributed by atoms with E-state index in [1.807, 2.05) is 11.8 Å². The van der Waals surface area contributed by atoms with Crippen LogP contribution in [-0.2, 0) is 0 Å². The van der Waals surface area contributed by atoms with Crippen LogP contribution in [0.4, 0.5) is 0 Å². The molecule has 2 aromatic rings. The van der Waals surface area contributed by atoms with E-state index >= 15 is 0 Å². The highest BCUT2D eigenvalue weighted by Gasteiger charge is 2.26. The van der Waals surface area contributed by atoms with Crippen molar-refractivity contribution in [1.29, 1.82) is 0 Å². The molecule has 1 N–H and O–H groups in total. The summed E-state index contributed by atoms with van der Waals surface area (Å²) in [4.78, 5) is 14.3. The molecule has 1 fully saturated rings. The van der Waals surface area contributed by atoms with Gasteiger partial charge in [0.25, 0.3) is 5.91 Å². The molecular formula is C14H16Cl2N2O2. The Hall–Kier alpha value is -1.23. The number of hydrogen-bond donors (Lipinski definition) is 1. The van der Waals surface area contributed by atoms with Gasteiger partial charge in [0.2, 0.25) is 0 Å². The Morgan fingerprint density at radius 1 is 1.45 bits per heavy atom. The van der Waals surface area contributed by atoms with Crippen molar-refractivity contribution in [2.24, 2.45) is 0 Å². The van der Waals surface area contributed by atoms with Crippen LogP contribution in [0.25, 0.3) is 11.0 Å². The number of benzene rings is 1. The maximum Gasteiger partial charge on any atom is 0.289 e. The number of piperazine rings is 1. The lowest BCUT2D eigenvalue weighted by Crippen LogP contribution is -2.52. The highest BCUT2D eigenvalue weighted by Crippen LogP contribution is 2.24. The summed E-state index contributed by atoms with van der Waals surface area (Å²) >= 11 is 5.93. The average Bonchev–Trinajstić information content (AvgIpc) is 2.81. The predicted octanol–water partition coefficient (Wildman–Crippen LogP) is 2.94. The summed E-state index contributed by atoms with van der Waals surface area (Å²) in [6.45, 7) is 4.38. The van der Waals surface area contributed by atoms with E-state index in [1.165, 1.54) is 0 Å². The fourth-order valence-electron chi connectivity index (χ4n) is 2.40. The summed E-state index contributed by atoms with van der Waals surface area (Å²) < 4.78 is 5.62. The summed E-state index contributed by atoms with van der Waals surface area (Å²) in [5.41, 5.74) is 0.690. The Balaban J connectivity index is 0.00000147. The number of halogens is 2.